The fourth-order valence-electron chi connectivity index (χ4n) is 3.92. The van der Waals surface area contributed by atoms with Crippen molar-refractivity contribution in [2.24, 2.45) is 0 Å². The number of nitro benzene ring substituents is 1. The highest BCUT2D eigenvalue weighted by atomic mass is 19.4. The van der Waals surface area contributed by atoms with E-state index in [4.69, 9.17) is 9.47 Å². The van der Waals surface area contributed by atoms with Crippen molar-refractivity contribution in [2.45, 2.75) is 25.1 Å². The number of nitrogens with one attached hydrogen (secondary N) is 2. The smallest absolute Gasteiger partial charge is 0.423 e. The first-order valence-electron chi connectivity index (χ1n) is 11.8. The van der Waals surface area contributed by atoms with Crippen molar-refractivity contribution in [3.8, 4) is 17.4 Å². The largest absolute Gasteiger partial charge is 0.495 e. The fraction of sp³-hybridized carbons (Fsp3) is 0.320. The van der Waals surface area contributed by atoms with E-state index < -0.39 is 22.5 Å². The van der Waals surface area contributed by atoms with Gasteiger partial charge in [-0.2, -0.15) is 18.2 Å². The van der Waals surface area contributed by atoms with Gasteiger partial charge in [0, 0.05) is 29.9 Å². The van der Waals surface area contributed by atoms with Gasteiger partial charge in [0.1, 0.15) is 17.1 Å². The molecule has 1 saturated heterocycles. The number of ether oxygens (including phenoxy) is 2. The summed E-state index contributed by atoms with van der Waals surface area (Å²) < 4.78 is 51.4. The molecule has 1 aliphatic heterocycles. The van der Waals surface area contributed by atoms with Crippen molar-refractivity contribution < 1.29 is 32.4 Å². The molecule has 0 bridgehead atoms. The van der Waals surface area contributed by atoms with Crippen LogP contribution in [0.25, 0.3) is 0 Å². The molecular formula is C25H25F3N6O5. The van der Waals surface area contributed by atoms with Gasteiger partial charge in [-0.25, -0.2) is 4.98 Å². The fourth-order valence-corrected chi connectivity index (χ4v) is 3.92. The molecule has 0 atom stereocenters. The molecule has 2 heterocycles. The van der Waals surface area contributed by atoms with Crippen LogP contribution in [0, 0.1) is 10.1 Å². The van der Waals surface area contributed by atoms with Gasteiger partial charge in [0.15, 0.2) is 0 Å². The Morgan fingerprint density at radius 1 is 1.15 bits per heavy atom. The molecule has 2 N–H and O–H groups in total. The molecule has 14 heteroatoms. The Hall–Kier alpha value is -4.46. The SMILES string of the molecule is COc1cc(C(=O)NC2CCN(C)CC2)ccc1Nc1ncc(C(F)(F)F)c(Oc2ccc([N+](=O)[O-])cc2)n1. The monoisotopic (exact) mass is 546 g/mol. The zero-order chi connectivity index (χ0) is 28.2. The lowest BCUT2D eigenvalue weighted by molar-refractivity contribution is -0.384. The number of non-ortho nitro benzene ring substituents is 1. The third kappa shape index (κ3) is 6.90. The number of aromatic nitrogens is 2. The van der Waals surface area contributed by atoms with Crippen molar-refractivity contribution in [1.82, 2.24) is 20.2 Å². The minimum atomic E-state index is -4.82. The van der Waals surface area contributed by atoms with Crippen molar-refractivity contribution in [3.63, 3.8) is 0 Å². The standard InChI is InChI=1S/C25H25F3N6O5/c1-33-11-9-16(10-12-33)30-22(35)15-3-8-20(21(13-15)38-2)31-24-29-14-19(25(26,27)28)23(32-24)39-18-6-4-17(5-7-18)34(36)37/h3-8,13-14,16H,9-12H2,1-2H3,(H,30,35)(H,29,31,32). The number of nitro groups is 1. The van der Waals surface area contributed by atoms with Crippen LogP contribution in [-0.4, -0.2) is 59.0 Å². The topological polar surface area (TPSA) is 132 Å². The van der Waals surface area contributed by atoms with Gasteiger partial charge in [0.05, 0.1) is 17.7 Å². The maximum atomic E-state index is 13.6. The second-order valence-corrected chi connectivity index (χ2v) is 8.85. The third-order valence-corrected chi connectivity index (χ3v) is 6.09. The van der Waals surface area contributed by atoms with Crippen LogP contribution in [0.3, 0.4) is 0 Å². The van der Waals surface area contributed by atoms with E-state index in [9.17, 15) is 28.1 Å². The van der Waals surface area contributed by atoms with Crippen LogP contribution in [0.5, 0.6) is 17.4 Å². The van der Waals surface area contributed by atoms with Crippen LogP contribution in [0.2, 0.25) is 0 Å². The molecule has 1 fully saturated rings. The Morgan fingerprint density at radius 3 is 2.46 bits per heavy atom. The summed E-state index contributed by atoms with van der Waals surface area (Å²) in [5.74, 6) is -1.15. The van der Waals surface area contributed by atoms with E-state index in [2.05, 4.69) is 25.5 Å². The number of alkyl halides is 3. The van der Waals surface area contributed by atoms with Gasteiger partial charge in [-0.3, -0.25) is 14.9 Å². The number of carbonyl (C=O) groups excluding carboxylic acids is 1. The molecule has 0 spiro atoms. The predicted octanol–water partition coefficient (Wildman–Crippen LogP) is 4.77. The number of hydrogen-bond acceptors (Lipinski definition) is 9. The van der Waals surface area contributed by atoms with E-state index in [1.54, 1.807) is 6.07 Å². The molecule has 0 aliphatic carbocycles. The van der Waals surface area contributed by atoms with E-state index in [0.717, 1.165) is 50.2 Å². The summed E-state index contributed by atoms with van der Waals surface area (Å²) in [7, 11) is 3.41. The molecule has 1 amide bonds. The van der Waals surface area contributed by atoms with Crippen LogP contribution in [-0.2, 0) is 6.18 Å². The van der Waals surface area contributed by atoms with Crippen LogP contribution < -0.4 is 20.1 Å². The normalized spacial score (nSPS) is 14.5. The summed E-state index contributed by atoms with van der Waals surface area (Å²) in [5.41, 5.74) is -0.834. The summed E-state index contributed by atoms with van der Waals surface area (Å²) in [6.07, 6.45) is -2.58. The highest BCUT2D eigenvalue weighted by Gasteiger charge is 2.36. The number of hydrogen-bond donors (Lipinski definition) is 2. The Morgan fingerprint density at radius 2 is 1.85 bits per heavy atom. The summed E-state index contributed by atoms with van der Waals surface area (Å²) in [5, 5.41) is 16.6. The molecule has 1 aliphatic rings. The molecular weight excluding hydrogens is 521 g/mol. The van der Waals surface area contributed by atoms with Gasteiger partial charge in [0.25, 0.3) is 11.6 Å². The van der Waals surface area contributed by atoms with Gasteiger partial charge in [-0.15, -0.1) is 0 Å². The van der Waals surface area contributed by atoms with Gasteiger partial charge in [-0.05, 0) is 63.3 Å². The number of likely N-dealkylation sites (tertiary alicyclic amines) is 1. The highest BCUT2D eigenvalue weighted by Crippen LogP contribution is 2.38. The molecule has 0 radical (unpaired) electrons. The quantitative estimate of drug-likeness (QED) is 0.303. The average Bonchev–Trinajstić information content (AvgIpc) is 2.90. The first kappa shape index (κ1) is 27.6. The first-order valence-corrected chi connectivity index (χ1v) is 11.8. The van der Waals surface area contributed by atoms with Crippen LogP contribution in [0.15, 0.2) is 48.7 Å². The predicted molar refractivity (Wildman–Crippen MR) is 134 cm³/mol. The van der Waals surface area contributed by atoms with Gasteiger partial charge >= 0.3 is 6.18 Å². The molecule has 0 unspecified atom stereocenters. The summed E-state index contributed by atoms with van der Waals surface area (Å²) in [6.45, 7) is 1.78. The molecule has 11 nitrogen and oxygen atoms in total. The number of piperidine rings is 1. The van der Waals surface area contributed by atoms with Gasteiger partial charge in [0.2, 0.25) is 11.8 Å². The zero-order valence-corrected chi connectivity index (χ0v) is 21.0. The van der Waals surface area contributed by atoms with E-state index in [0.29, 0.717) is 17.4 Å². The number of halogens is 3. The number of methoxy groups -OCH3 is 1. The van der Waals surface area contributed by atoms with Crippen LogP contribution in [0.4, 0.5) is 30.5 Å². The number of carbonyl (C=O) groups is 1. The zero-order valence-electron chi connectivity index (χ0n) is 21.0. The number of nitrogens with zero attached hydrogens (tertiary/aromatic N) is 4. The van der Waals surface area contributed by atoms with E-state index in [1.165, 1.54) is 19.2 Å². The Balaban J connectivity index is 1.54. The number of benzene rings is 2. The Bertz CT molecular complexity index is 1350. The lowest BCUT2D eigenvalue weighted by Gasteiger charge is -2.29. The van der Waals surface area contributed by atoms with Crippen molar-refractivity contribution in [2.75, 3.05) is 32.6 Å². The minimum Gasteiger partial charge on any atom is -0.495 e. The summed E-state index contributed by atoms with van der Waals surface area (Å²) in [6, 6.07) is 9.15. The maximum absolute atomic E-state index is 13.6. The van der Waals surface area contributed by atoms with E-state index >= 15 is 0 Å². The second-order valence-electron chi connectivity index (χ2n) is 8.85. The first-order chi connectivity index (χ1) is 18.5. The minimum absolute atomic E-state index is 0.0622. The number of anilines is 2. The average molecular weight is 547 g/mol. The van der Waals surface area contributed by atoms with E-state index in [1.807, 2.05) is 7.05 Å². The van der Waals surface area contributed by atoms with Crippen molar-refractivity contribution >= 4 is 23.2 Å². The van der Waals surface area contributed by atoms with E-state index in [-0.39, 0.29) is 35.1 Å². The van der Waals surface area contributed by atoms with Crippen LogP contribution >= 0.6 is 0 Å². The molecule has 2 aromatic carbocycles. The molecule has 1 aromatic heterocycles. The lowest BCUT2D eigenvalue weighted by Crippen LogP contribution is -2.43. The highest BCUT2D eigenvalue weighted by molar-refractivity contribution is 5.95. The number of rotatable bonds is 8. The molecule has 206 valence electrons. The Kier molecular flexibility index (Phi) is 8.14. The lowest BCUT2D eigenvalue weighted by atomic mass is 10.0. The number of amides is 1. The van der Waals surface area contributed by atoms with Gasteiger partial charge in [-0.1, -0.05) is 0 Å². The van der Waals surface area contributed by atoms with Gasteiger partial charge < -0.3 is 25.0 Å². The second kappa shape index (κ2) is 11.5. The molecule has 0 saturated carbocycles. The van der Waals surface area contributed by atoms with Crippen molar-refractivity contribution in [3.05, 3.63) is 69.9 Å². The summed E-state index contributed by atoms with van der Waals surface area (Å²) >= 11 is 0. The summed E-state index contributed by atoms with van der Waals surface area (Å²) in [4.78, 5) is 32.8. The maximum Gasteiger partial charge on any atom is 0.423 e. The molecule has 4 rings (SSSR count). The molecule has 3 aromatic rings. The van der Waals surface area contributed by atoms with Crippen LogP contribution in [0.1, 0.15) is 28.8 Å². The molecule has 39 heavy (non-hydrogen) atoms. The van der Waals surface area contributed by atoms with Crippen molar-refractivity contribution in [1.29, 1.82) is 0 Å². The Labute approximate surface area is 221 Å². The third-order valence-electron chi connectivity index (χ3n) is 6.09.